The molecule has 0 aliphatic heterocycles. The number of aliphatic hydroxyl groups is 1. The van der Waals surface area contributed by atoms with Crippen LogP contribution >= 0.6 is 0 Å². The number of carbonyl (C=O) groups is 1. The number of hydrogen-bond donors (Lipinski definition) is 3. The summed E-state index contributed by atoms with van der Waals surface area (Å²) in [5.74, 6) is -1.52. The van der Waals surface area contributed by atoms with Gasteiger partial charge in [-0.1, -0.05) is 12.5 Å². The first kappa shape index (κ1) is 16.5. The van der Waals surface area contributed by atoms with E-state index >= 15 is 0 Å². The van der Waals surface area contributed by atoms with Crippen molar-refractivity contribution in [2.75, 3.05) is 18.5 Å². The Hall–Kier alpha value is -1.83. The number of aliphatic hydroxyl groups excluding tert-OH is 1. The predicted octanol–water partition coefficient (Wildman–Crippen LogP) is 3.13. The summed E-state index contributed by atoms with van der Waals surface area (Å²) in [5.41, 5.74) is -2.35. The first-order valence-corrected chi connectivity index (χ1v) is 6.79. The fourth-order valence-corrected chi connectivity index (χ4v) is 2.35. The molecule has 1 aromatic carbocycles. The molecule has 4 nitrogen and oxygen atoms in total. The zero-order chi connectivity index (χ0) is 16.4. The van der Waals surface area contributed by atoms with Crippen LogP contribution in [0.3, 0.4) is 0 Å². The van der Waals surface area contributed by atoms with Crippen LogP contribution in [-0.4, -0.2) is 24.3 Å². The lowest BCUT2D eigenvalue weighted by atomic mass is 9.69. The van der Waals surface area contributed by atoms with Crippen molar-refractivity contribution in [3.63, 3.8) is 0 Å². The van der Waals surface area contributed by atoms with Crippen molar-refractivity contribution in [1.82, 2.24) is 5.32 Å². The van der Waals surface area contributed by atoms with Crippen LogP contribution in [0.5, 0.6) is 0 Å². The van der Waals surface area contributed by atoms with Gasteiger partial charge in [0, 0.05) is 12.0 Å². The van der Waals surface area contributed by atoms with Crippen LogP contribution < -0.4 is 10.6 Å². The molecule has 0 atom stereocenters. The second-order valence-corrected chi connectivity index (χ2v) is 5.48. The minimum Gasteiger partial charge on any atom is -0.396 e. The van der Waals surface area contributed by atoms with Crippen LogP contribution in [0.15, 0.2) is 18.2 Å². The molecular formula is C14H16F4N2O2. The Bertz CT molecular complexity index is 551. The van der Waals surface area contributed by atoms with E-state index in [-0.39, 0.29) is 18.6 Å². The summed E-state index contributed by atoms with van der Waals surface area (Å²) in [6.45, 7) is 0.112. The topological polar surface area (TPSA) is 61.4 Å². The Labute approximate surface area is 124 Å². The van der Waals surface area contributed by atoms with E-state index in [1.807, 2.05) is 0 Å². The normalized spacial score (nSPS) is 16.8. The van der Waals surface area contributed by atoms with E-state index in [2.05, 4.69) is 10.6 Å². The molecule has 0 radical (unpaired) electrons. The first-order valence-electron chi connectivity index (χ1n) is 6.79. The van der Waals surface area contributed by atoms with Crippen LogP contribution in [-0.2, 0) is 6.18 Å². The van der Waals surface area contributed by atoms with Gasteiger partial charge in [0.05, 0.1) is 17.9 Å². The van der Waals surface area contributed by atoms with Crippen molar-refractivity contribution >= 4 is 11.7 Å². The van der Waals surface area contributed by atoms with E-state index in [9.17, 15) is 27.5 Å². The summed E-state index contributed by atoms with van der Waals surface area (Å²) >= 11 is 0. The molecule has 0 unspecified atom stereocenters. The second kappa shape index (κ2) is 6.12. The average Bonchev–Trinajstić information content (AvgIpc) is 2.39. The van der Waals surface area contributed by atoms with E-state index in [1.165, 1.54) is 0 Å². The van der Waals surface area contributed by atoms with Crippen molar-refractivity contribution in [2.45, 2.75) is 25.4 Å². The number of carbonyl (C=O) groups excluding carboxylic acids is 1. The van der Waals surface area contributed by atoms with Gasteiger partial charge in [0.1, 0.15) is 0 Å². The molecular weight excluding hydrogens is 304 g/mol. The summed E-state index contributed by atoms with van der Waals surface area (Å²) in [7, 11) is 0. The summed E-state index contributed by atoms with van der Waals surface area (Å²) < 4.78 is 51.5. The van der Waals surface area contributed by atoms with E-state index in [1.54, 1.807) is 0 Å². The van der Waals surface area contributed by atoms with Gasteiger partial charge in [-0.25, -0.2) is 9.18 Å². The fraction of sp³-hybridized carbons (Fsp3) is 0.500. The molecule has 22 heavy (non-hydrogen) atoms. The summed E-state index contributed by atoms with van der Waals surface area (Å²) in [6, 6.07) is 1.86. The van der Waals surface area contributed by atoms with Crippen LogP contribution in [0.4, 0.5) is 28.0 Å². The number of nitrogens with one attached hydrogen (secondary N) is 2. The molecule has 0 saturated heterocycles. The van der Waals surface area contributed by atoms with Crippen LogP contribution in [0.1, 0.15) is 24.8 Å². The molecule has 1 aromatic rings. The van der Waals surface area contributed by atoms with Crippen LogP contribution in [0.2, 0.25) is 0 Å². The van der Waals surface area contributed by atoms with Gasteiger partial charge in [-0.3, -0.25) is 0 Å². The molecule has 0 aromatic heterocycles. The Kier molecular flexibility index (Phi) is 4.60. The van der Waals surface area contributed by atoms with Crippen LogP contribution in [0, 0.1) is 11.2 Å². The van der Waals surface area contributed by atoms with E-state index in [0.717, 1.165) is 31.4 Å². The summed E-state index contributed by atoms with van der Waals surface area (Å²) in [5, 5.41) is 13.8. The monoisotopic (exact) mass is 320 g/mol. The standard InChI is InChI=1S/C14H16F4N2O2/c15-11-9(14(16,17)18)3-1-4-10(11)20-12(22)19-7-13(8-21)5-2-6-13/h1,3-4,21H,2,5-8H2,(H2,19,20,22). The SMILES string of the molecule is O=C(NCC1(CO)CCC1)Nc1cccc(C(F)(F)F)c1F. The Balaban J connectivity index is 2.00. The third-order valence-electron chi connectivity index (χ3n) is 3.93. The average molecular weight is 320 g/mol. The maximum absolute atomic E-state index is 13.7. The lowest BCUT2D eigenvalue weighted by Crippen LogP contribution is -2.45. The van der Waals surface area contributed by atoms with Crippen molar-refractivity contribution in [2.24, 2.45) is 5.41 Å². The zero-order valence-electron chi connectivity index (χ0n) is 11.6. The quantitative estimate of drug-likeness (QED) is 0.747. The zero-order valence-corrected chi connectivity index (χ0v) is 11.6. The van der Waals surface area contributed by atoms with Gasteiger partial charge in [0.15, 0.2) is 5.82 Å². The number of halogens is 4. The minimum absolute atomic E-state index is 0.0782. The third-order valence-corrected chi connectivity index (χ3v) is 3.93. The number of anilines is 1. The van der Waals surface area contributed by atoms with Crippen molar-refractivity contribution in [1.29, 1.82) is 0 Å². The van der Waals surface area contributed by atoms with Gasteiger partial charge in [-0.05, 0) is 25.0 Å². The fourth-order valence-electron chi connectivity index (χ4n) is 2.35. The molecule has 0 bridgehead atoms. The van der Waals surface area contributed by atoms with Crippen molar-refractivity contribution in [3.05, 3.63) is 29.6 Å². The molecule has 3 N–H and O–H groups in total. The number of urea groups is 1. The maximum atomic E-state index is 13.7. The smallest absolute Gasteiger partial charge is 0.396 e. The highest BCUT2D eigenvalue weighted by Gasteiger charge is 2.37. The van der Waals surface area contributed by atoms with Gasteiger partial charge in [-0.2, -0.15) is 13.2 Å². The highest BCUT2D eigenvalue weighted by atomic mass is 19.4. The molecule has 1 saturated carbocycles. The molecule has 2 rings (SSSR count). The second-order valence-electron chi connectivity index (χ2n) is 5.48. The van der Waals surface area contributed by atoms with Crippen molar-refractivity contribution in [3.8, 4) is 0 Å². The predicted molar refractivity (Wildman–Crippen MR) is 71.8 cm³/mol. The Morgan fingerprint density at radius 3 is 2.50 bits per heavy atom. The van der Waals surface area contributed by atoms with E-state index in [4.69, 9.17) is 0 Å². The summed E-state index contributed by atoms with van der Waals surface area (Å²) in [4.78, 5) is 11.7. The van der Waals surface area contributed by atoms with E-state index in [0.29, 0.717) is 6.07 Å². The van der Waals surface area contributed by atoms with Gasteiger partial charge < -0.3 is 15.7 Å². The number of hydrogen-bond acceptors (Lipinski definition) is 2. The first-order chi connectivity index (χ1) is 10.3. The molecule has 1 aliphatic rings. The van der Waals surface area contributed by atoms with Gasteiger partial charge in [0.25, 0.3) is 0 Å². The van der Waals surface area contributed by atoms with Gasteiger partial charge in [0.2, 0.25) is 0 Å². The Morgan fingerprint density at radius 2 is 2.00 bits per heavy atom. The lowest BCUT2D eigenvalue weighted by molar-refractivity contribution is -0.139. The largest absolute Gasteiger partial charge is 0.419 e. The maximum Gasteiger partial charge on any atom is 0.419 e. The molecule has 1 fully saturated rings. The molecule has 0 spiro atoms. The minimum atomic E-state index is -4.83. The molecule has 2 amide bonds. The number of amides is 2. The number of rotatable bonds is 4. The third kappa shape index (κ3) is 3.49. The Morgan fingerprint density at radius 1 is 1.32 bits per heavy atom. The van der Waals surface area contributed by atoms with Gasteiger partial charge in [-0.15, -0.1) is 0 Å². The molecule has 1 aliphatic carbocycles. The molecule has 0 heterocycles. The van der Waals surface area contributed by atoms with Crippen LogP contribution in [0.25, 0.3) is 0 Å². The van der Waals surface area contributed by atoms with Crippen molar-refractivity contribution < 1.29 is 27.5 Å². The highest BCUT2D eigenvalue weighted by molar-refractivity contribution is 5.89. The van der Waals surface area contributed by atoms with E-state index < -0.39 is 29.3 Å². The summed E-state index contributed by atoms with van der Waals surface area (Å²) in [6.07, 6.45) is -2.35. The molecule has 8 heteroatoms. The number of alkyl halides is 3. The molecule has 122 valence electrons. The van der Waals surface area contributed by atoms with Gasteiger partial charge >= 0.3 is 12.2 Å². The highest BCUT2D eigenvalue weighted by Crippen LogP contribution is 2.39. The lowest BCUT2D eigenvalue weighted by Gasteiger charge is -2.40. The number of benzene rings is 1.